The summed E-state index contributed by atoms with van der Waals surface area (Å²) in [6, 6.07) is 9.37. The van der Waals surface area contributed by atoms with Crippen molar-refractivity contribution in [2.45, 2.75) is 25.7 Å². The van der Waals surface area contributed by atoms with Crippen molar-refractivity contribution in [3.63, 3.8) is 0 Å². The average molecular weight is 439 g/mol. The zero-order valence-electron chi connectivity index (χ0n) is 18.2. The van der Waals surface area contributed by atoms with E-state index in [9.17, 15) is 15.0 Å². The molecular weight excluding hydrogens is 408 g/mol. The van der Waals surface area contributed by atoms with E-state index in [1.807, 2.05) is 0 Å². The molecule has 0 amide bonds. The Morgan fingerprint density at radius 1 is 1.00 bits per heavy atom. The maximum absolute atomic E-state index is 12.9. The number of piperazine rings is 1. The highest BCUT2D eigenvalue weighted by Gasteiger charge is 2.15. The lowest BCUT2D eigenvalue weighted by Crippen LogP contribution is -2.43. The number of fused-ring (bicyclic) bond motifs is 1. The molecule has 0 radical (unpaired) electrons. The van der Waals surface area contributed by atoms with Gasteiger partial charge in [0, 0.05) is 38.3 Å². The molecule has 32 heavy (non-hydrogen) atoms. The Balaban J connectivity index is 1.31. The van der Waals surface area contributed by atoms with Crippen molar-refractivity contribution in [2.75, 3.05) is 39.3 Å². The lowest BCUT2D eigenvalue weighted by atomic mass is 10.0. The number of nitrogens with one attached hydrogen (secondary N) is 1. The van der Waals surface area contributed by atoms with Crippen molar-refractivity contribution < 1.29 is 19.4 Å². The summed E-state index contributed by atoms with van der Waals surface area (Å²) in [6.07, 6.45) is 5.77. The monoisotopic (exact) mass is 438 g/mol. The number of phenols is 2. The number of unbranched alkanes of at least 4 members (excludes halogenated alkanes) is 3. The van der Waals surface area contributed by atoms with Crippen LogP contribution in [-0.4, -0.2) is 54.4 Å². The number of benzene rings is 2. The highest BCUT2D eigenvalue weighted by molar-refractivity contribution is 5.88. The normalized spacial score (nSPS) is 14.6. The quantitative estimate of drug-likeness (QED) is 0.438. The molecule has 4 rings (SSSR count). The molecule has 1 aliphatic heterocycles. The molecule has 7 nitrogen and oxygen atoms in total. The summed E-state index contributed by atoms with van der Waals surface area (Å²) in [7, 11) is 0. The molecule has 0 unspecified atom stereocenters. The first-order chi connectivity index (χ1) is 15.6. The fraction of sp³-hybridized carbons (Fsp3) is 0.400. The van der Waals surface area contributed by atoms with Crippen molar-refractivity contribution in [1.82, 2.24) is 10.2 Å². The number of aromatic hydroxyl groups is 2. The van der Waals surface area contributed by atoms with Gasteiger partial charge in [0.15, 0.2) is 0 Å². The van der Waals surface area contributed by atoms with Crippen LogP contribution in [0.25, 0.3) is 22.1 Å². The van der Waals surface area contributed by atoms with Gasteiger partial charge in [0.05, 0.1) is 12.2 Å². The van der Waals surface area contributed by atoms with Crippen LogP contribution in [-0.2, 0) is 0 Å². The number of rotatable bonds is 9. The Morgan fingerprint density at radius 2 is 1.75 bits per heavy atom. The van der Waals surface area contributed by atoms with Gasteiger partial charge < -0.3 is 29.6 Å². The molecule has 3 N–H and O–H groups in total. The second kappa shape index (κ2) is 10.5. The molecule has 2 aromatic carbocycles. The van der Waals surface area contributed by atoms with E-state index in [1.165, 1.54) is 37.3 Å². The fourth-order valence-corrected chi connectivity index (χ4v) is 4.05. The number of hydrogen-bond acceptors (Lipinski definition) is 7. The predicted octanol–water partition coefficient (Wildman–Crippen LogP) is 3.72. The van der Waals surface area contributed by atoms with Gasteiger partial charge in [-0.05, 0) is 37.1 Å². The molecule has 1 fully saturated rings. The first-order valence-corrected chi connectivity index (χ1v) is 11.3. The van der Waals surface area contributed by atoms with Crippen LogP contribution in [0.1, 0.15) is 25.7 Å². The average Bonchev–Trinajstić information content (AvgIpc) is 2.80. The molecule has 0 bridgehead atoms. The van der Waals surface area contributed by atoms with Gasteiger partial charge in [-0.15, -0.1) is 0 Å². The van der Waals surface area contributed by atoms with Gasteiger partial charge in [-0.25, -0.2) is 0 Å². The Morgan fingerprint density at radius 3 is 2.53 bits per heavy atom. The van der Waals surface area contributed by atoms with Crippen LogP contribution >= 0.6 is 0 Å². The smallest absolute Gasteiger partial charge is 0.204 e. The van der Waals surface area contributed by atoms with Crippen LogP contribution < -0.4 is 15.5 Å². The van der Waals surface area contributed by atoms with Gasteiger partial charge in [-0.2, -0.15) is 0 Å². The molecule has 1 aromatic heterocycles. The minimum absolute atomic E-state index is 0.114. The molecule has 7 heteroatoms. The van der Waals surface area contributed by atoms with Gasteiger partial charge in [-0.1, -0.05) is 25.0 Å². The highest BCUT2D eigenvalue weighted by atomic mass is 16.5. The Hall–Kier alpha value is -3.03. The van der Waals surface area contributed by atoms with E-state index in [1.54, 1.807) is 18.2 Å². The van der Waals surface area contributed by atoms with Crippen LogP contribution in [0.2, 0.25) is 0 Å². The first kappa shape index (κ1) is 22.2. The topological polar surface area (TPSA) is 95.2 Å². The van der Waals surface area contributed by atoms with Crippen molar-refractivity contribution in [3.05, 3.63) is 52.9 Å². The van der Waals surface area contributed by atoms with Crippen molar-refractivity contribution in [1.29, 1.82) is 0 Å². The Labute approximate surface area is 187 Å². The molecule has 170 valence electrons. The summed E-state index contributed by atoms with van der Waals surface area (Å²) in [5.74, 6) is 0.433. The van der Waals surface area contributed by atoms with E-state index in [0.29, 0.717) is 23.5 Å². The van der Waals surface area contributed by atoms with E-state index >= 15 is 0 Å². The van der Waals surface area contributed by atoms with Crippen LogP contribution in [0.5, 0.6) is 17.2 Å². The van der Waals surface area contributed by atoms with Crippen LogP contribution in [0, 0.1) is 0 Å². The second-order valence-electron chi connectivity index (χ2n) is 8.20. The van der Waals surface area contributed by atoms with E-state index in [2.05, 4.69) is 10.2 Å². The minimum Gasteiger partial charge on any atom is -0.508 e. The predicted molar refractivity (Wildman–Crippen MR) is 125 cm³/mol. The minimum atomic E-state index is -0.328. The fourth-order valence-electron chi connectivity index (χ4n) is 4.05. The zero-order chi connectivity index (χ0) is 22.3. The standard InChI is InChI=1S/C25H30N2O5/c28-19-7-5-18(6-8-19)21-17-32-23-16-20(15-22(29)24(23)25(21)30)31-14-4-2-1-3-11-27-12-9-26-10-13-27/h5-8,15-17,26,28-29H,1-4,9-14H2. The van der Waals surface area contributed by atoms with E-state index in [4.69, 9.17) is 9.15 Å². The van der Waals surface area contributed by atoms with Crippen molar-refractivity contribution >= 4 is 11.0 Å². The van der Waals surface area contributed by atoms with Gasteiger partial charge >= 0.3 is 0 Å². The molecule has 0 spiro atoms. The van der Waals surface area contributed by atoms with Gasteiger partial charge in [0.2, 0.25) is 5.43 Å². The summed E-state index contributed by atoms with van der Waals surface area (Å²) in [5.41, 5.74) is 0.881. The molecule has 0 aliphatic carbocycles. The SMILES string of the molecule is O=c1c(-c2ccc(O)cc2)coc2cc(OCCCCCCN3CCNCC3)cc(O)c12. The van der Waals surface area contributed by atoms with Crippen LogP contribution in [0.3, 0.4) is 0 Å². The summed E-state index contributed by atoms with van der Waals surface area (Å²) in [6.45, 7) is 6.16. The van der Waals surface area contributed by atoms with E-state index in [-0.39, 0.29) is 27.9 Å². The summed E-state index contributed by atoms with van der Waals surface area (Å²) in [4.78, 5) is 15.4. The number of nitrogens with zero attached hydrogens (tertiary/aromatic N) is 1. The first-order valence-electron chi connectivity index (χ1n) is 11.3. The summed E-state index contributed by atoms with van der Waals surface area (Å²) >= 11 is 0. The summed E-state index contributed by atoms with van der Waals surface area (Å²) < 4.78 is 11.4. The molecule has 1 aliphatic rings. The maximum atomic E-state index is 12.9. The number of phenolic OH excluding ortho intramolecular Hbond substituents is 2. The molecule has 0 saturated carbocycles. The Kier molecular flexibility index (Phi) is 7.29. The summed E-state index contributed by atoms with van der Waals surface area (Å²) in [5, 5.41) is 23.4. The lowest BCUT2D eigenvalue weighted by Gasteiger charge is -2.27. The van der Waals surface area contributed by atoms with Crippen LogP contribution in [0.4, 0.5) is 0 Å². The lowest BCUT2D eigenvalue weighted by molar-refractivity contribution is 0.234. The Bertz CT molecular complexity index is 1090. The van der Waals surface area contributed by atoms with Crippen molar-refractivity contribution in [3.8, 4) is 28.4 Å². The number of ether oxygens (including phenoxy) is 1. The molecule has 2 heterocycles. The van der Waals surface area contributed by atoms with E-state index in [0.717, 1.165) is 45.6 Å². The molecule has 1 saturated heterocycles. The van der Waals surface area contributed by atoms with Crippen molar-refractivity contribution in [2.24, 2.45) is 0 Å². The third-order valence-electron chi connectivity index (χ3n) is 5.86. The largest absolute Gasteiger partial charge is 0.508 e. The van der Waals surface area contributed by atoms with Gasteiger partial charge in [-0.3, -0.25) is 4.79 Å². The molecule has 3 aromatic rings. The number of hydrogen-bond donors (Lipinski definition) is 3. The third kappa shape index (κ3) is 5.41. The van der Waals surface area contributed by atoms with Crippen LogP contribution in [0.15, 0.2) is 51.9 Å². The third-order valence-corrected chi connectivity index (χ3v) is 5.86. The second-order valence-corrected chi connectivity index (χ2v) is 8.20. The highest BCUT2D eigenvalue weighted by Crippen LogP contribution is 2.30. The molecular formula is C25H30N2O5. The zero-order valence-corrected chi connectivity index (χ0v) is 18.2. The van der Waals surface area contributed by atoms with Gasteiger partial charge in [0.1, 0.15) is 34.5 Å². The van der Waals surface area contributed by atoms with E-state index < -0.39 is 0 Å². The van der Waals surface area contributed by atoms with Gasteiger partial charge in [0.25, 0.3) is 0 Å². The molecule has 0 atom stereocenters. The maximum Gasteiger partial charge on any atom is 0.204 e.